The van der Waals surface area contributed by atoms with Gasteiger partial charge in [0.1, 0.15) is 0 Å². The van der Waals surface area contributed by atoms with Crippen molar-refractivity contribution in [3.8, 4) is 0 Å². The molecule has 0 bridgehead atoms. The second kappa shape index (κ2) is 7.79. The molecule has 1 aliphatic rings. The van der Waals surface area contributed by atoms with E-state index >= 15 is 0 Å². The number of benzene rings is 1. The Bertz CT molecular complexity index is 690. The maximum atomic E-state index is 12.6. The molecule has 0 spiro atoms. The van der Waals surface area contributed by atoms with Gasteiger partial charge in [-0.15, -0.1) is 11.3 Å². The normalized spacial score (nSPS) is 16.8. The molecule has 0 unspecified atom stereocenters. The van der Waals surface area contributed by atoms with E-state index in [1.165, 1.54) is 24.8 Å². The van der Waals surface area contributed by atoms with Crippen LogP contribution in [0.5, 0.6) is 0 Å². The fourth-order valence-electron chi connectivity index (χ4n) is 3.56. The van der Waals surface area contributed by atoms with Gasteiger partial charge in [-0.05, 0) is 43.9 Å². The van der Waals surface area contributed by atoms with Crippen molar-refractivity contribution in [2.45, 2.75) is 57.4 Å². The van der Waals surface area contributed by atoms with Crippen LogP contribution in [-0.2, 0) is 17.6 Å². The lowest BCUT2D eigenvalue weighted by molar-refractivity contribution is -0.122. The Hall–Kier alpha value is -1.20. The Morgan fingerprint density at radius 1 is 1.25 bits per heavy atom. The molecule has 0 atom stereocenters. The standard InChI is InChI=1S/C19H23BrN2OS/c1-14-21-17(13-24-14)11-18(23)22-19(9-3-2-4-10-19)12-15-5-7-16(20)8-6-15/h5-8,13H,2-4,9-12H2,1H3,(H,22,23). The average Bonchev–Trinajstić information content (AvgIpc) is 2.95. The van der Waals surface area contributed by atoms with Crippen LogP contribution in [0.3, 0.4) is 0 Å². The van der Waals surface area contributed by atoms with E-state index < -0.39 is 0 Å². The quantitative estimate of drug-likeness (QED) is 0.772. The van der Waals surface area contributed by atoms with Gasteiger partial charge in [-0.2, -0.15) is 0 Å². The summed E-state index contributed by atoms with van der Waals surface area (Å²) >= 11 is 5.09. The third-order valence-corrected chi connectivity index (χ3v) is 6.03. The first kappa shape index (κ1) is 17.6. The highest BCUT2D eigenvalue weighted by Crippen LogP contribution is 2.32. The van der Waals surface area contributed by atoms with E-state index in [4.69, 9.17) is 0 Å². The van der Waals surface area contributed by atoms with Crippen LogP contribution >= 0.6 is 27.3 Å². The third kappa shape index (κ3) is 4.67. The molecule has 1 amide bonds. The fraction of sp³-hybridized carbons (Fsp3) is 0.474. The molecule has 1 heterocycles. The number of carbonyl (C=O) groups is 1. The first-order chi connectivity index (χ1) is 11.5. The van der Waals surface area contributed by atoms with E-state index in [2.05, 4.69) is 50.5 Å². The van der Waals surface area contributed by atoms with E-state index in [1.54, 1.807) is 11.3 Å². The highest BCUT2D eigenvalue weighted by Gasteiger charge is 2.33. The van der Waals surface area contributed by atoms with Gasteiger partial charge in [0, 0.05) is 15.4 Å². The van der Waals surface area contributed by atoms with Crippen molar-refractivity contribution in [1.82, 2.24) is 10.3 Å². The number of thiazole rings is 1. The molecular formula is C19H23BrN2OS. The molecule has 0 radical (unpaired) electrons. The summed E-state index contributed by atoms with van der Waals surface area (Å²) in [6, 6.07) is 8.45. The van der Waals surface area contributed by atoms with Crippen molar-refractivity contribution >= 4 is 33.2 Å². The number of nitrogens with one attached hydrogen (secondary N) is 1. The summed E-state index contributed by atoms with van der Waals surface area (Å²) in [5.74, 6) is 0.0966. The Labute approximate surface area is 156 Å². The molecule has 1 aromatic heterocycles. The molecule has 1 saturated carbocycles. The van der Waals surface area contributed by atoms with E-state index in [1.807, 2.05) is 12.3 Å². The van der Waals surface area contributed by atoms with Gasteiger partial charge in [0.05, 0.1) is 17.1 Å². The van der Waals surface area contributed by atoms with E-state index in [0.29, 0.717) is 6.42 Å². The number of aromatic nitrogens is 1. The van der Waals surface area contributed by atoms with Crippen molar-refractivity contribution < 1.29 is 4.79 Å². The molecule has 2 aromatic rings. The maximum Gasteiger partial charge on any atom is 0.226 e. The monoisotopic (exact) mass is 406 g/mol. The number of rotatable bonds is 5. The van der Waals surface area contributed by atoms with Gasteiger partial charge < -0.3 is 5.32 Å². The van der Waals surface area contributed by atoms with Gasteiger partial charge in [-0.25, -0.2) is 4.98 Å². The zero-order chi connectivity index (χ0) is 17.0. The lowest BCUT2D eigenvalue weighted by Gasteiger charge is -2.38. The highest BCUT2D eigenvalue weighted by molar-refractivity contribution is 9.10. The van der Waals surface area contributed by atoms with Gasteiger partial charge in [-0.3, -0.25) is 4.79 Å². The Balaban J connectivity index is 1.70. The molecule has 1 fully saturated rings. The fourth-order valence-corrected chi connectivity index (χ4v) is 4.44. The van der Waals surface area contributed by atoms with Crippen LogP contribution in [-0.4, -0.2) is 16.4 Å². The van der Waals surface area contributed by atoms with Crippen molar-refractivity contribution in [2.24, 2.45) is 0 Å². The smallest absolute Gasteiger partial charge is 0.226 e. The summed E-state index contributed by atoms with van der Waals surface area (Å²) in [7, 11) is 0. The second-order valence-corrected chi connectivity index (χ2v) is 8.70. The SMILES string of the molecule is Cc1nc(CC(=O)NC2(Cc3ccc(Br)cc3)CCCCC2)cs1. The molecule has 1 aromatic carbocycles. The zero-order valence-electron chi connectivity index (χ0n) is 14.0. The average molecular weight is 407 g/mol. The summed E-state index contributed by atoms with van der Waals surface area (Å²) in [5, 5.41) is 6.36. The molecule has 0 saturated heterocycles. The largest absolute Gasteiger partial charge is 0.350 e. The molecule has 1 aliphatic carbocycles. The van der Waals surface area contributed by atoms with Crippen LogP contribution in [0, 0.1) is 6.92 Å². The minimum atomic E-state index is -0.103. The topological polar surface area (TPSA) is 42.0 Å². The van der Waals surface area contributed by atoms with Crippen molar-refractivity contribution in [3.05, 3.63) is 50.4 Å². The molecule has 0 aliphatic heterocycles. The summed E-state index contributed by atoms with van der Waals surface area (Å²) < 4.78 is 1.09. The third-order valence-electron chi connectivity index (χ3n) is 4.68. The van der Waals surface area contributed by atoms with Crippen LogP contribution in [0.2, 0.25) is 0 Å². The number of aryl methyl sites for hydroxylation is 1. The lowest BCUT2D eigenvalue weighted by Crippen LogP contribution is -2.51. The number of nitrogens with zero attached hydrogens (tertiary/aromatic N) is 1. The van der Waals surface area contributed by atoms with Crippen LogP contribution in [0.1, 0.15) is 48.4 Å². The van der Waals surface area contributed by atoms with Crippen molar-refractivity contribution in [3.63, 3.8) is 0 Å². The van der Waals surface area contributed by atoms with Gasteiger partial charge in [-0.1, -0.05) is 47.3 Å². The minimum Gasteiger partial charge on any atom is -0.350 e. The molecule has 3 nitrogen and oxygen atoms in total. The minimum absolute atomic E-state index is 0.0966. The molecule has 128 valence electrons. The predicted molar refractivity (Wildman–Crippen MR) is 102 cm³/mol. The lowest BCUT2D eigenvalue weighted by atomic mass is 9.77. The van der Waals surface area contributed by atoms with E-state index in [-0.39, 0.29) is 11.4 Å². The van der Waals surface area contributed by atoms with Crippen molar-refractivity contribution in [1.29, 1.82) is 0 Å². The number of hydrogen-bond acceptors (Lipinski definition) is 3. The zero-order valence-corrected chi connectivity index (χ0v) is 16.4. The Kier molecular flexibility index (Phi) is 5.72. The summed E-state index contributed by atoms with van der Waals surface area (Å²) in [4.78, 5) is 17.0. The molecule has 3 rings (SSSR count). The molecule has 5 heteroatoms. The van der Waals surface area contributed by atoms with Gasteiger partial charge in [0.15, 0.2) is 0 Å². The van der Waals surface area contributed by atoms with Gasteiger partial charge in [0.2, 0.25) is 5.91 Å². The Morgan fingerprint density at radius 3 is 2.58 bits per heavy atom. The molecule has 24 heavy (non-hydrogen) atoms. The predicted octanol–water partition coefficient (Wildman–Crippen LogP) is 4.82. The summed E-state index contributed by atoms with van der Waals surface area (Å²) in [6.07, 6.45) is 7.05. The Morgan fingerprint density at radius 2 is 1.96 bits per heavy atom. The second-order valence-electron chi connectivity index (χ2n) is 6.73. The number of amides is 1. The summed E-state index contributed by atoms with van der Waals surface area (Å²) in [6.45, 7) is 1.97. The van der Waals surface area contributed by atoms with Crippen molar-refractivity contribution in [2.75, 3.05) is 0 Å². The van der Waals surface area contributed by atoms with Crippen LogP contribution in [0.15, 0.2) is 34.1 Å². The highest BCUT2D eigenvalue weighted by atomic mass is 79.9. The summed E-state index contributed by atoms with van der Waals surface area (Å²) in [5.41, 5.74) is 2.06. The number of carbonyl (C=O) groups excluding carboxylic acids is 1. The molecular weight excluding hydrogens is 384 g/mol. The maximum absolute atomic E-state index is 12.6. The van der Waals surface area contributed by atoms with E-state index in [0.717, 1.165) is 34.4 Å². The number of halogens is 1. The van der Waals surface area contributed by atoms with Gasteiger partial charge >= 0.3 is 0 Å². The first-order valence-corrected chi connectivity index (χ1v) is 10.2. The van der Waals surface area contributed by atoms with Crippen LogP contribution in [0.25, 0.3) is 0 Å². The van der Waals surface area contributed by atoms with Crippen LogP contribution in [0.4, 0.5) is 0 Å². The molecule has 1 N–H and O–H groups in total. The van der Waals surface area contributed by atoms with Crippen LogP contribution < -0.4 is 5.32 Å². The van der Waals surface area contributed by atoms with Gasteiger partial charge in [0.25, 0.3) is 0 Å². The number of hydrogen-bond donors (Lipinski definition) is 1. The first-order valence-electron chi connectivity index (χ1n) is 8.51. The van der Waals surface area contributed by atoms with E-state index in [9.17, 15) is 4.79 Å².